The predicted octanol–water partition coefficient (Wildman–Crippen LogP) is 2.68. The number of nitro benzene ring substituents is 1. The molecule has 7 heteroatoms. The molecule has 1 aromatic heterocycles. The third-order valence-corrected chi connectivity index (χ3v) is 4.51. The molecule has 0 aliphatic heterocycles. The van der Waals surface area contributed by atoms with Gasteiger partial charge in [0.15, 0.2) is 5.75 Å². The second kappa shape index (κ2) is 4.95. The number of ether oxygens (including phenoxy) is 1. The van der Waals surface area contributed by atoms with Crippen LogP contribution in [0.1, 0.15) is 32.7 Å². The zero-order valence-electron chi connectivity index (χ0n) is 12.8. The highest BCUT2D eigenvalue weighted by Gasteiger charge is 2.40. The number of rotatable bonds is 4. The van der Waals surface area contributed by atoms with Gasteiger partial charge in [-0.1, -0.05) is 0 Å². The summed E-state index contributed by atoms with van der Waals surface area (Å²) < 4.78 is 6.91. The molecule has 1 heterocycles. The maximum Gasteiger partial charge on any atom is 0.311 e. The maximum atomic E-state index is 11.1. The van der Waals surface area contributed by atoms with Crippen molar-refractivity contribution in [3.63, 3.8) is 0 Å². The van der Waals surface area contributed by atoms with Gasteiger partial charge in [0, 0.05) is 23.7 Å². The molecule has 1 saturated carbocycles. The van der Waals surface area contributed by atoms with Crippen LogP contribution in [0.4, 0.5) is 5.69 Å². The van der Waals surface area contributed by atoms with Crippen LogP contribution >= 0.6 is 0 Å². The van der Waals surface area contributed by atoms with Crippen LogP contribution in [0.3, 0.4) is 0 Å². The summed E-state index contributed by atoms with van der Waals surface area (Å²) in [5, 5.41) is 26.3. The molecule has 1 aromatic carbocycles. The fourth-order valence-electron chi connectivity index (χ4n) is 2.93. The monoisotopic (exact) mass is 305 g/mol. The summed E-state index contributed by atoms with van der Waals surface area (Å²) in [6.45, 7) is 3.64. The molecule has 0 spiro atoms. The molecule has 1 fully saturated rings. The number of aromatic nitrogens is 2. The molecule has 0 atom stereocenters. The molecule has 1 aliphatic rings. The van der Waals surface area contributed by atoms with Gasteiger partial charge in [0.1, 0.15) is 0 Å². The highest BCUT2D eigenvalue weighted by molar-refractivity contribution is 5.83. The van der Waals surface area contributed by atoms with Gasteiger partial charge in [-0.2, -0.15) is 5.10 Å². The van der Waals surface area contributed by atoms with E-state index in [9.17, 15) is 15.2 Å². The molecule has 7 nitrogen and oxygen atoms in total. The van der Waals surface area contributed by atoms with Crippen LogP contribution in [-0.4, -0.2) is 32.5 Å². The first kappa shape index (κ1) is 14.8. The van der Waals surface area contributed by atoms with Crippen molar-refractivity contribution in [1.29, 1.82) is 0 Å². The van der Waals surface area contributed by atoms with Gasteiger partial charge in [0.2, 0.25) is 0 Å². The summed E-state index contributed by atoms with van der Waals surface area (Å²) in [5.74, 6) is 0.472. The Morgan fingerprint density at radius 3 is 2.68 bits per heavy atom. The van der Waals surface area contributed by atoms with Gasteiger partial charge < -0.3 is 9.84 Å². The normalized spacial score (nSPS) is 21.6. The summed E-state index contributed by atoms with van der Waals surface area (Å²) in [6.07, 6.45) is 3.54. The number of fused-ring (bicyclic) bond motifs is 1. The molecule has 0 saturated heterocycles. The van der Waals surface area contributed by atoms with Crippen LogP contribution in [0.2, 0.25) is 0 Å². The summed E-state index contributed by atoms with van der Waals surface area (Å²) in [4.78, 5) is 10.6. The molecular formula is C15H19N3O4. The van der Waals surface area contributed by atoms with Gasteiger partial charge in [-0.3, -0.25) is 14.8 Å². The summed E-state index contributed by atoms with van der Waals surface area (Å²) >= 11 is 0. The van der Waals surface area contributed by atoms with E-state index in [1.807, 2.05) is 24.7 Å². The van der Waals surface area contributed by atoms with Crippen molar-refractivity contribution in [1.82, 2.24) is 9.78 Å². The van der Waals surface area contributed by atoms with Crippen LogP contribution < -0.4 is 4.74 Å². The third kappa shape index (κ3) is 2.41. The molecule has 0 bridgehead atoms. The Morgan fingerprint density at radius 1 is 1.45 bits per heavy atom. The number of hydrogen-bond donors (Lipinski definition) is 1. The first-order valence-corrected chi connectivity index (χ1v) is 7.23. The van der Waals surface area contributed by atoms with Crippen molar-refractivity contribution in [2.24, 2.45) is 5.92 Å². The number of nitro groups is 1. The smallest absolute Gasteiger partial charge is 0.311 e. The topological polar surface area (TPSA) is 90.4 Å². The molecule has 1 N–H and O–H groups in total. The van der Waals surface area contributed by atoms with E-state index in [4.69, 9.17) is 4.74 Å². The Hall–Kier alpha value is -2.15. The number of hydrogen-bond acceptors (Lipinski definition) is 5. The van der Waals surface area contributed by atoms with Gasteiger partial charge in [0.25, 0.3) is 0 Å². The molecule has 0 unspecified atom stereocenters. The Balaban J connectivity index is 1.90. The Morgan fingerprint density at radius 2 is 2.14 bits per heavy atom. The van der Waals surface area contributed by atoms with Crippen molar-refractivity contribution in [3.05, 3.63) is 28.4 Å². The van der Waals surface area contributed by atoms with Crippen molar-refractivity contribution >= 4 is 16.6 Å². The van der Waals surface area contributed by atoms with E-state index in [1.54, 1.807) is 6.07 Å². The second-order valence-electron chi connectivity index (χ2n) is 6.42. The molecule has 22 heavy (non-hydrogen) atoms. The van der Waals surface area contributed by atoms with E-state index >= 15 is 0 Å². The summed E-state index contributed by atoms with van der Waals surface area (Å²) in [6, 6.07) is 3.31. The molecule has 0 amide bonds. The molecule has 0 radical (unpaired) electrons. The number of methoxy groups -OCH3 is 1. The van der Waals surface area contributed by atoms with Crippen molar-refractivity contribution in [3.8, 4) is 5.75 Å². The zero-order chi connectivity index (χ0) is 16.1. The first-order chi connectivity index (χ1) is 10.3. The minimum absolute atomic E-state index is 0.0578. The lowest BCUT2D eigenvalue weighted by atomic mass is 9.71. The van der Waals surface area contributed by atoms with E-state index < -0.39 is 10.5 Å². The quantitative estimate of drug-likeness (QED) is 0.692. The van der Waals surface area contributed by atoms with Gasteiger partial charge in [0.05, 0.1) is 29.2 Å². The van der Waals surface area contributed by atoms with E-state index in [1.165, 1.54) is 13.2 Å². The van der Waals surface area contributed by atoms with Crippen LogP contribution in [0.25, 0.3) is 10.9 Å². The third-order valence-electron chi connectivity index (χ3n) is 4.51. The van der Waals surface area contributed by atoms with E-state index in [0.29, 0.717) is 5.52 Å². The van der Waals surface area contributed by atoms with Crippen LogP contribution in [0.5, 0.6) is 5.75 Å². The summed E-state index contributed by atoms with van der Waals surface area (Å²) in [5.41, 5.74) is -0.0582. The second-order valence-corrected chi connectivity index (χ2v) is 6.42. The van der Waals surface area contributed by atoms with Crippen molar-refractivity contribution in [2.45, 2.75) is 38.3 Å². The van der Waals surface area contributed by atoms with Crippen LogP contribution in [-0.2, 0) is 0 Å². The molecule has 1 aliphatic carbocycles. The minimum Gasteiger partial charge on any atom is -0.490 e. The Labute approximate surface area is 127 Å². The largest absolute Gasteiger partial charge is 0.490 e. The van der Waals surface area contributed by atoms with Gasteiger partial charge in [-0.25, -0.2) is 0 Å². The van der Waals surface area contributed by atoms with Crippen LogP contribution in [0.15, 0.2) is 18.3 Å². The van der Waals surface area contributed by atoms with Gasteiger partial charge in [-0.05, 0) is 32.6 Å². The molecular weight excluding hydrogens is 286 g/mol. The van der Waals surface area contributed by atoms with Gasteiger partial charge in [-0.15, -0.1) is 0 Å². The minimum atomic E-state index is -0.676. The van der Waals surface area contributed by atoms with Crippen LogP contribution in [0, 0.1) is 16.0 Å². The highest BCUT2D eigenvalue weighted by atomic mass is 16.6. The maximum absolute atomic E-state index is 11.1. The standard InChI is InChI=1S/C15H19N3O4/c1-15(2,19)10-5-11(6-10)17-8-9-4-13(18(20)21)14(22-3)7-12(9)16-17/h4,7-8,10-11,19H,5-6H2,1-3H3. The molecule has 118 valence electrons. The zero-order valence-corrected chi connectivity index (χ0v) is 12.8. The fourth-order valence-corrected chi connectivity index (χ4v) is 2.93. The predicted molar refractivity (Wildman–Crippen MR) is 81.0 cm³/mol. The molecule has 2 aromatic rings. The number of aliphatic hydroxyl groups is 1. The first-order valence-electron chi connectivity index (χ1n) is 7.23. The van der Waals surface area contributed by atoms with E-state index in [2.05, 4.69) is 5.10 Å². The molecule has 3 rings (SSSR count). The van der Waals surface area contributed by atoms with E-state index in [0.717, 1.165) is 18.2 Å². The average Bonchev–Trinajstić information content (AvgIpc) is 2.75. The fraction of sp³-hybridized carbons (Fsp3) is 0.533. The lowest BCUT2D eigenvalue weighted by molar-refractivity contribution is -0.385. The average molecular weight is 305 g/mol. The Bertz CT molecular complexity index is 726. The number of nitrogens with zero attached hydrogens (tertiary/aromatic N) is 3. The summed E-state index contributed by atoms with van der Waals surface area (Å²) in [7, 11) is 1.41. The highest BCUT2D eigenvalue weighted by Crippen LogP contribution is 2.44. The van der Waals surface area contributed by atoms with Crippen molar-refractivity contribution < 1.29 is 14.8 Å². The number of benzene rings is 1. The van der Waals surface area contributed by atoms with Gasteiger partial charge >= 0.3 is 5.69 Å². The SMILES string of the molecule is COc1cc2nn(C3CC(C(C)(C)O)C3)cc2cc1[N+](=O)[O-]. The van der Waals surface area contributed by atoms with Crippen molar-refractivity contribution in [2.75, 3.05) is 7.11 Å². The lowest BCUT2D eigenvalue weighted by Gasteiger charge is -2.42. The van der Waals surface area contributed by atoms with E-state index in [-0.39, 0.29) is 23.4 Å². The lowest BCUT2D eigenvalue weighted by Crippen LogP contribution is -2.41. The Kier molecular flexibility index (Phi) is 3.32.